The summed E-state index contributed by atoms with van der Waals surface area (Å²) in [6.45, 7) is 0.747. The third kappa shape index (κ3) is 7.97. The van der Waals surface area contributed by atoms with Crippen LogP contribution in [0.25, 0.3) is 0 Å². The standard InChI is InChI=1S/C18H21FN4O.HI/c1-20-18(21-12-11-14-7-9-15(19)10-8-14)22-13-17(24)23-16-5-3-2-4-6-16;/h2-10H,11-13H2,1H3,(H,23,24)(H2,20,21,22);1H. The molecule has 1 amide bonds. The molecule has 0 saturated carbocycles. The number of nitrogens with zero attached hydrogens (tertiary/aromatic N) is 1. The number of hydrogen-bond acceptors (Lipinski definition) is 2. The van der Waals surface area contributed by atoms with Crippen molar-refractivity contribution in [2.24, 2.45) is 4.99 Å². The number of aliphatic imine (C=N–C) groups is 1. The maximum atomic E-state index is 12.8. The molecule has 0 atom stereocenters. The van der Waals surface area contributed by atoms with E-state index in [-0.39, 0.29) is 42.2 Å². The Hall–Kier alpha value is -2.16. The number of para-hydroxylation sites is 1. The van der Waals surface area contributed by atoms with Crippen LogP contribution in [0.15, 0.2) is 59.6 Å². The van der Waals surface area contributed by atoms with Crippen molar-refractivity contribution in [1.82, 2.24) is 10.6 Å². The topological polar surface area (TPSA) is 65.5 Å². The van der Waals surface area contributed by atoms with Crippen LogP contribution in [0.2, 0.25) is 0 Å². The molecule has 0 aliphatic rings. The summed E-state index contributed by atoms with van der Waals surface area (Å²) in [5.41, 5.74) is 1.78. The lowest BCUT2D eigenvalue weighted by Gasteiger charge is -2.12. The summed E-state index contributed by atoms with van der Waals surface area (Å²) in [6, 6.07) is 15.6. The van der Waals surface area contributed by atoms with E-state index in [1.165, 1.54) is 12.1 Å². The van der Waals surface area contributed by atoms with Gasteiger partial charge in [-0.05, 0) is 36.2 Å². The number of anilines is 1. The van der Waals surface area contributed by atoms with Gasteiger partial charge in [0.05, 0.1) is 6.54 Å². The molecule has 0 aromatic heterocycles. The monoisotopic (exact) mass is 456 g/mol. The lowest BCUT2D eigenvalue weighted by Crippen LogP contribution is -2.42. The zero-order chi connectivity index (χ0) is 17.2. The summed E-state index contributed by atoms with van der Waals surface area (Å²) in [6.07, 6.45) is 0.733. The Morgan fingerprint density at radius 1 is 1.04 bits per heavy atom. The van der Waals surface area contributed by atoms with Crippen molar-refractivity contribution in [3.8, 4) is 0 Å². The van der Waals surface area contributed by atoms with Gasteiger partial charge in [-0.2, -0.15) is 0 Å². The van der Waals surface area contributed by atoms with Gasteiger partial charge in [-0.1, -0.05) is 30.3 Å². The van der Waals surface area contributed by atoms with E-state index in [9.17, 15) is 9.18 Å². The smallest absolute Gasteiger partial charge is 0.243 e. The molecule has 0 bridgehead atoms. The average molecular weight is 456 g/mol. The molecule has 0 aliphatic heterocycles. The van der Waals surface area contributed by atoms with Crippen LogP contribution >= 0.6 is 24.0 Å². The van der Waals surface area contributed by atoms with E-state index in [1.807, 2.05) is 30.3 Å². The molecule has 0 spiro atoms. The van der Waals surface area contributed by atoms with Gasteiger partial charge < -0.3 is 16.0 Å². The minimum Gasteiger partial charge on any atom is -0.356 e. The number of hydrogen-bond donors (Lipinski definition) is 3. The normalized spacial score (nSPS) is 10.6. The van der Waals surface area contributed by atoms with Gasteiger partial charge in [-0.25, -0.2) is 4.39 Å². The first kappa shape index (κ1) is 20.9. The molecular weight excluding hydrogens is 434 g/mol. The van der Waals surface area contributed by atoms with Gasteiger partial charge in [0.15, 0.2) is 5.96 Å². The number of carbonyl (C=O) groups is 1. The van der Waals surface area contributed by atoms with E-state index in [0.29, 0.717) is 12.5 Å². The highest BCUT2D eigenvalue weighted by Gasteiger charge is 2.04. The Balaban J connectivity index is 0.00000312. The molecule has 0 radical (unpaired) electrons. The zero-order valence-corrected chi connectivity index (χ0v) is 16.3. The Morgan fingerprint density at radius 3 is 2.36 bits per heavy atom. The molecule has 134 valence electrons. The summed E-state index contributed by atoms with van der Waals surface area (Å²) in [7, 11) is 1.64. The van der Waals surface area contributed by atoms with Gasteiger partial charge >= 0.3 is 0 Å². The van der Waals surface area contributed by atoms with Crippen LogP contribution in [0.5, 0.6) is 0 Å². The molecule has 2 aromatic carbocycles. The molecule has 2 aromatic rings. The van der Waals surface area contributed by atoms with E-state index in [2.05, 4.69) is 20.9 Å². The number of benzene rings is 2. The molecule has 7 heteroatoms. The van der Waals surface area contributed by atoms with Gasteiger partial charge in [0.25, 0.3) is 0 Å². The highest BCUT2D eigenvalue weighted by atomic mass is 127. The lowest BCUT2D eigenvalue weighted by molar-refractivity contribution is -0.115. The second-order valence-corrected chi connectivity index (χ2v) is 5.14. The molecule has 2 rings (SSSR count). The van der Waals surface area contributed by atoms with Gasteiger partial charge in [-0.15, -0.1) is 24.0 Å². The van der Waals surface area contributed by atoms with Crippen LogP contribution in [-0.2, 0) is 11.2 Å². The third-order valence-corrected chi connectivity index (χ3v) is 3.32. The van der Waals surface area contributed by atoms with Crippen molar-refractivity contribution in [1.29, 1.82) is 0 Å². The Bertz CT molecular complexity index is 677. The predicted octanol–water partition coefficient (Wildman–Crippen LogP) is 2.79. The van der Waals surface area contributed by atoms with Crippen LogP contribution in [0.3, 0.4) is 0 Å². The van der Waals surface area contributed by atoms with Crippen molar-refractivity contribution in [3.05, 3.63) is 66.0 Å². The van der Waals surface area contributed by atoms with E-state index in [1.54, 1.807) is 19.2 Å². The first-order valence-electron chi connectivity index (χ1n) is 7.71. The maximum absolute atomic E-state index is 12.8. The van der Waals surface area contributed by atoms with Crippen LogP contribution in [0.1, 0.15) is 5.56 Å². The number of nitrogens with one attached hydrogen (secondary N) is 3. The largest absolute Gasteiger partial charge is 0.356 e. The van der Waals surface area contributed by atoms with Gasteiger partial charge in [0.1, 0.15) is 5.82 Å². The highest BCUT2D eigenvalue weighted by molar-refractivity contribution is 14.0. The van der Waals surface area contributed by atoms with Crippen LogP contribution in [0, 0.1) is 5.82 Å². The summed E-state index contributed by atoms with van der Waals surface area (Å²) < 4.78 is 12.8. The van der Waals surface area contributed by atoms with E-state index in [4.69, 9.17) is 0 Å². The SMILES string of the molecule is CN=C(NCCc1ccc(F)cc1)NCC(=O)Nc1ccccc1.I. The molecule has 0 aliphatic carbocycles. The third-order valence-electron chi connectivity index (χ3n) is 3.32. The number of carbonyl (C=O) groups excluding carboxylic acids is 1. The number of halogens is 2. The van der Waals surface area contributed by atoms with Crippen molar-refractivity contribution >= 4 is 41.5 Å². The highest BCUT2D eigenvalue weighted by Crippen LogP contribution is 2.04. The summed E-state index contributed by atoms with van der Waals surface area (Å²) >= 11 is 0. The molecule has 3 N–H and O–H groups in total. The van der Waals surface area contributed by atoms with Crippen molar-refractivity contribution in [2.75, 3.05) is 25.5 Å². The average Bonchev–Trinajstić information content (AvgIpc) is 2.60. The Kier molecular flexibility index (Phi) is 9.53. The molecule has 0 heterocycles. The fourth-order valence-electron chi connectivity index (χ4n) is 2.09. The summed E-state index contributed by atoms with van der Waals surface area (Å²) in [5.74, 6) is 0.150. The van der Waals surface area contributed by atoms with Crippen LogP contribution in [-0.4, -0.2) is 32.0 Å². The van der Waals surface area contributed by atoms with Crippen molar-refractivity contribution < 1.29 is 9.18 Å². The minimum atomic E-state index is -0.242. The summed E-state index contributed by atoms with van der Waals surface area (Å²) in [5, 5.41) is 8.86. The quantitative estimate of drug-likeness (QED) is 0.356. The van der Waals surface area contributed by atoms with Crippen molar-refractivity contribution in [2.45, 2.75) is 6.42 Å². The summed E-state index contributed by atoms with van der Waals surface area (Å²) in [4.78, 5) is 15.9. The van der Waals surface area contributed by atoms with E-state index < -0.39 is 0 Å². The van der Waals surface area contributed by atoms with Crippen molar-refractivity contribution in [3.63, 3.8) is 0 Å². The number of amides is 1. The maximum Gasteiger partial charge on any atom is 0.243 e. The van der Waals surface area contributed by atoms with Gasteiger partial charge in [0, 0.05) is 19.3 Å². The first-order chi connectivity index (χ1) is 11.7. The Morgan fingerprint density at radius 2 is 1.72 bits per heavy atom. The van der Waals surface area contributed by atoms with Gasteiger partial charge in [0.2, 0.25) is 5.91 Å². The first-order valence-corrected chi connectivity index (χ1v) is 7.71. The molecule has 25 heavy (non-hydrogen) atoms. The molecule has 0 unspecified atom stereocenters. The van der Waals surface area contributed by atoms with Crippen LogP contribution in [0.4, 0.5) is 10.1 Å². The van der Waals surface area contributed by atoms with E-state index >= 15 is 0 Å². The molecule has 0 fully saturated rings. The molecular formula is C18H22FIN4O. The lowest BCUT2D eigenvalue weighted by atomic mass is 10.1. The number of rotatable bonds is 6. The van der Waals surface area contributed by atoms with Crippen LogP contribution < -0.4 is 16.0 Å². The minimum absolute atomic E-state index is 0. The fraction of sp³-hybridized carbons (Fsp3) is 0.222. The van der Waals surface area contributed by atoms with Gasteiger partial charge in [-0.3, -0.25) is 9.79 Å². The fourth-order valence-corrected chi connectivity index (χ4v) is 2.09. The second kappa shape index (κ2) is 11.4. The molecule has 5 nitrogen and oxygen atoms in total. The van der Waals surface area contributed by atoms with E-state index in [0.717, 1.165) is 17.7 Å². The molecule has 0 saturated heterocycles. The number of guanidine groups is 1. The predicted molar refractivity (Wildman–Crippen MR) is 110 cm³/mol. The second-order valence-electron chi connectivity index (χ2n) is 5.14. The zero-order valence-electron chi connectivity index (χ0n) is 14.0. The Labute approximate surface area is 164 Å².